The molecule has 2 heterocycles. The molecule has 0 aliphatic carbocycles. The molecule has 1 amide bonds. The Kier molecular flexibility index (Phi) is 5.40. The fraction of sp³-hybridized carbons (Fsp3) is 0.286. The van der Waals surface area contributed by atoms with Crippen LogP contribution < -0.4 is 10.2 Å². The summed E-state index contributed by atoms with van der Waals surface area (Å²) >= 11 is 5.92. The summed E-state index contributed by atoms with van der Waals surface area (Å²) in [4.78, 5) is 17.2. The van der Waals surface area contributed by atoms with Gasteiger partial charge in [0.15, 0.2) is 11.5 Å². The molecule has 0 atom stereocenters. The predicted octanol–water partition coefficient (Wildman–Crippen LogP) is 3.78. The minimum absolute atomic E-state index is 0.129. The van der Waals surface area contributed by atoms with E-state index in [1.165, 1.54) is 16.8 Å². The molecule has 1 aliphatic heterocycles. The van der Waals surface area contributed by atoms with E-state index >= 15 is 0 Å². The summed E-state index contributed by atoms with van der Waals surface area (Å²) in [5.74, 6) is 0.283. The van der Waals surface area contributed by atoms with Crippen molar-refractivity contribution in [3.8, 4) is 0 Å². The number of benzene rings is 2. The molecule has 1 aliphatic rings. The Morgan fingerprint density at radius 1 is 1.03 bits per heavy atom. The van der Waals surface area contributed by atoms with Crippen LogP contribution in [0.4, 0.5) is 17.2 Å². The van der Waals surface area contributed by atoms with Gasteiger partial charge < -0.3 is 15.1 Å². The normalized spacial score (nSPS) is 14.2. The van der Waals surface area contributed by atoms with Crippen molar-refractivity contribution >= 4 is 34.7 Å². The summed E-state index contributed by atoms with van der Waals surface area (Å²) < 4.78 is 0. The molecule has 0 bridgehead atoms. The Morgan fingerprint density at radius 3 is 2.48 bits per heavy atom. The second kappa shape index (κ2) is 8.13. The van der Waals surface area contributed by atoms with E-state index < -0.39 is 0 Å². The van der Waals surface area contributed by atoms with Crippen LogP contribution in [-0.2, 0) is 0 Å². The zero-order valence-corrected chi connectivity index (χ0v) is 17.2. The van der Waals surface area contributed by atoms with Crippen LogP contribution in [0.2, 0.25) is 5.02 Å². The van der Waals surface area contributed by atoms with Crippen LogP contribution in [0.5, 0.6) is 0 Å². The predicted molar refractivity (Wildman–Crippen MR) is 115 cm³/mol. The van der Waals surface area contributed by atoms with Crippen molar-refractivity contribution in [3.63, 3.8) is 0 Å². The molecule has 7 nitrogen and oxygen atoms in total. The molecular formula is C21H23ClN6O. The molecule has 8 heteroatoms. The third kappa shape index (κ3) is 4.19. The van der Waals surface area contributed by atoms with Crippen LogP contribution in [0, 0.1) is 13.8 Å². The Morgan fingerprint density at radius 2 is 1.76 bits per heavy atom. The zero-order valence-electron chi connectivity index (χ0n) is 16.4. The van der Waals surface area contributed by atoms with Crippen molar-refractivity contribution in [2.45, 2.75) is 13.8 Å². The molecule has 1 aromatic heterocycles. The number of aromatic amines is 1. The fourth-order valence-corrected chi connectivity index (χ4v) is 3.62. The van der Waals surface area contributed by atoms with E-state index in [1.807, 2.05) is 17.0 Å². The van der Waals surface area contributed by atoms with E-state index in [9.17, 15) is 4.79 Å². The van der Waals surface area contributed by atoms with E-state index in [0.717, 1.165) is 18.8 Å². The third-order valence-corrected chi connectivity index (χ3v) is 5.38. The SMILES string of the molecule is Cc1ccc(C)c(N2CCN(C(=O)c3n[nH]nc3Nc3ccc(Cl)cc3)CC2)c1. The number of H-pyrrole nitrogens is 1. The largest absolute Gasteiger partial charge is 0.368 e. The smallest absolute Gasteiger partial charge is 0.278 e. The summed E-state index contributed by atoms with van der Waals surface area (Å²) in [7, 11) is 0. The van der Waals surface area contributed by atoms with Gasteiger partial charge in [-0.3, -0.25) is 4.79 Å². The first kappa shape index (κ1) is 19.3. The molecule has 3 aromatic rings. The third-order valence-electron chi connectivity index (χ3n) is 5.13. The van der Waals surface area contributed by atoms with Crippen LogP contribution in [0.15, 0.2) is 42.5 Å². The van der Waals surface area contributed by atoms with Gasteiger partial charge in [0.25, 0.3) is 5.91 Å². The van der Waals surface area contributed by atoms with Gasteiger partial charge in [-0.1, -0.05) is 23.7 Å². The number of anilines is 3. The lowest BCUT2D eigenvalue weighted by Gasteiger charge is -2.36. The molecule has 0 radical (unpaired) electrons. The number of piperazine rings is 1. The van der Waals surface area contributed by atoms with Crippen LogP contribution in [-0.4, -0.2) is 52.4 Å². The highest BCUT2D eigenvalue weighted by Crippen LogP contribution is 2.24. The number of amides is 1. The quantitative estimate of drug-likeness (QED) is 0.684. The van der Waals surface area contributed by atoms with E-state index in [0.29, 0.717) is 29.6 Å². The first-order valence-corrected chi connectivity index (χ1v) is 9.94. The molecule has 29 heavy (non-hydrogen) atoms. The van der Waals surface area contributed by atoms with Gasteiger partial charge in [0, 0.05) is 42.6 Å². The molecule has 0 spiro atoms. The standard InChI is InChI=1S/C21H23ClN6O/c1-14-3-4-15(2)18(13-14)27-9-11-28(12-10-27)21(29)19-20(25-26-24-19)23-17-7-5-16(22)6-8-17/h3-8,13H,9-12H2,1-2H3,(H2,23,24,25,26). The highest BCUT2D eigenvalue weighted by Gasteiger charge is 2.27. The molecule has 0 saturated carbocycles. The van der Waals surface area contributed by atoms with Crippen molar-refractivity contribution in [2.75, 3.05) is 36.4 Å². The number of rotatable bonds is 4. The lowest BCUT2D eigenvalue weighted by atomic mass is 10.1. The second-order valence-corrected chi connectivity index (χ2v) is 7.66. The first-order valence-electron chi connectivity index (χ1n) is 9.56. The Hall–Kier alpha value is -3.06. The van der Waals surface area contributed by atoms with Gasteiger partial charge in [-0.2, -0.15) is 5.21 Å². The number of aromatic nitrogens is 3. The number of carbonyl (C=O) groups excluding carboxylic acids is 1. The maximum Gasteiger partial charge on any atom is 0.278 e. The summed E-state index contributed by atoms with van der Waals surface area (Å²) in [6, 6.07) is 13.7. The Labute approximate surface area is 174 Å². The summed E-state index contributed by atoms with van der Waals surface area (Å²) in [5, 5.41) is 14.5. The number of hydrogen-bond donors (Lipinski definition) is 2. The molecule has 4 rings (SSSR count). The molecule has 2 N–H and O–H groups in total. The maximum absolute atomic E-state index is 13.0. The van der Waals surface area contributed by atoms with Crippen molar-refractivity contribution in [3.05, 3.63) is 64.3 Å². The van der Waals surface area contributed by atoms with E-state index in [-0.39, 0.29) is 5.91 Å². The topological polar surface area (TPSA) is 77.2 Å². The van der Waals surface area contributed by atoms with Crippen molar-refractivity contribution in [2.24, 2.45) is 0 Å². The zero-order chi connectivity index (χ0) is 20.4. The van der Waals surface area contributed by atoms with Crippen LogP contribution in [0.25, 0.3) is 0 Å². The minimum atomic E-state index is -0.129. The van der Waals surface area contributed by atoms with Crippen molar-refractivity contribution in [1.82, 2.24) is 20.3 Å². The van der Waals surface area contributed by atoms with Gasteiger partial charge in [0.2, 0.25) is 0 Å². The van der Waals surface area contributed by atoms with Crippen LogP contribution in [0.1, 0.15) is 21.6 Å². The highest BCUT2D eigenvalue weighted by atomic mass is 35.5. The Bertz CT molecular complexity index is 1010. The van der Waals surface area contributed by atoms with Gasteiger partial charge in [0.05, 0.1) is 0 Å². The van der Waals surface area contributed by atoms with E-state index in [1.54, 1.807) is 12.1 Å². The minimum Gasteiger partial charge on any atom is -0.368 e. The first-order chi connectivity index (χ1) is 14.0. The van der Waals surface area contributed by atoms with E-state index in [2.05, 4.69) is 57.7 Å². The van der Waals surface area contributed by atoms with Gasteiger partial charge in [-0.25, -0.2) is 0 Å². The second-order valence-electron chi connectivity index (χ2n) is 7.22. The molecule has 1 saturated heterocycles. The number of nitrogens with one attached hydrogen (secondary N) is 2. The van der Waals surface area contributed by atoms with Crippen LogP contribution in [0.3, 0.4) is 0 Å². The summed E-state index contributed by atoms with van der Waals surface area (Å²) in [6.07, 6.45) is 0. The Balaban J connectivity index is 1.43. The fourth-order valence-electron chi connectivity index (χ4n) is 3.50. The number of carbonyl (C=O) groups is 1. The van der Waals surface area contributed by atoms with Gasteiger partial charge in [-0.05, 0) is 55.3 Å². The maximum atomic E-state index is 13.0. The monoisotopic (exact) mass is 410 g/mol. The summed E-state index contributed by atoms with van der Waals surface area (Å²) in [5.41, 5.74) is 4.81. The molecular weight excluding hydrogens is 388 g/mol. The van der Waals surface area contributed by atoms with Crippen LogP contribution >= 0.6 is 11.6 Å². The van der Waals surface area contributed by atoms with Crippen molar-refractivity contribution < 1.29 is 4.79 Å². The number of halogens is 1. The number of aryl methyl sites for hydroxylation is 2. The number of hydrogen-bond acceptors (Lipinski definition) is 5. The van der Waals surface area contributed by atoms with Gasteiger partial charge >= 0.3 is 0 Å². The molecule has 150 valence electrons. The molecule has 0 unspecified atom stereocenters. The average Bonchev–Trinajstić information content (AvgIpc) is 3.19. The van der Waals surface area contributed by atoms with Gasteiger partial charge in [0.1, 0.15) is 0 Å². The highest BCUT2D eigenvalue weighted by molar-refractivity contribution is 6.30. The van der Waals surface area contributed by atoms with E-state index in [4.69, 9.17) is 11.6 Å². The average molecular weight is 411 g/mol. The lowest BCUT2D eigenvalue weighted by molar-refractivity contribution is 0.0742. The van der Waals surface area contributed by atoms with Crippen molar-refractivity contribution in [1.29, 1.82) is 0 Å². The lowest BCUT2D eigenvalue weighted by Crippen LogP contribution is -2.49. The number of nitrogens with zero attached hydrogens (tertiary/aromatic N) is 4. The summed E-state index contributed by atoms with van der Waals surface area (Å²) in [6.45, 7) is 7.07. The van der Waals surface area contributed by atoms with Gasteiger partial charge in [-0.15, -0.1) is 10.2 Å². The molecule has 1 fully saturated rings. The molecule has 2 aromatic carbocycles.